The predicted molar refractivity (Wildman–Crippen MR) is 67.7 cm³/mol. The molecular weight excluding hydrogens is 229 g/mol. The van der Waals surface area contributed by atoms with Crippen LogP contribution in [0, 0.1) is 5.92 Å². The molecule has 15 heavy (non-hydrogen) atoms. The minimum absolute atomic E-state index is 0.531. The van der Waals surface area contributed by atoms with Crippen molar-refractivity contribution in [3.63, 3.8) is 0 Å². The SMILES string of the molecule is CC(CCl)CN(C)Cc1ccc(Cl)cc1. The van der Waals surface area contributed by atoms with Gasteiger partial charge in [0.05, 0.1) is 0 Å². The Labute approximate surface area is 102 Å². The summed E-state index contributed by atoms with van der Waals surface area (Å²) in [5.74, 6) is 1.24. The van der Waals surface area contributed by atoms with Gasteiger partial charge in [0.1, 0.15) is 0 Å². The van der Waals surface area contributed by atoms with Gasteiger partial charge in [-0.05, 0) is 30.7 Å². The van der Waals surface area contributed by atoms with E-state index in [9.17, 15) is 0 Å². The number of halogens is 2. The van der Waals surface area contributed by atoms with E-state index in [1.165, 1.54) is 5.56 Å². The lowest BCUT2D eigenvalue weighted by Gasteiger charge is -2.19. The molecule has 1 aromatic carbocycles. The van der Waals surface area contributed by atoms with Crippen LogP contribution in [0.5, 0.6) is 0 Å². The second kappa shape index (κ2) is 6.37. The summed E-state index contributed by atoms with van der Waals surface area (Å²) < 4.78 is 0. The molecule has 0 aliphatic heterocycles. The second-order valence-electron chi connectivity index (χ2n) is 4.08. The standard InChI is InChI=1S/C12H17Cl2N/c1-10(7-13)8-15(2)9-11-3-5-12(14)6-4-11/h3-6,10H,7-9H2,1-2H3. The Hall–Kier alpha value is -0.240. The number of rotatable bonds is 5. The van der Waals surface area contributed by atoms with Crippen molar-refractivity contribution in [2.24, 2.45) is 5.92 Å². The Balaban J connectivity index is 2.44. The van der Waals surface area contributed by atoms with Gasteiger partial charge in [0.15, 0.2) is 0 Å². The summed E-state index contributed by atoms with van der Waals surface area (Å²) in [4.78, 5) is 2.27. The van der Waals surface area contributed by atoms with E-state index in [1.807, 2.05) is 12.1 Å². The van der Waals surface area contributed by atoms with Crippen LogP contribution >= 0.6 is 23.2 Å². The van der Waals surface area contributed by atoms with Crippen LogP contribution in [0.1, 0.15) is 12.5 Å². The highest BCUT2D eigenvalue weighted by Gasteiger charge is 2.05. The molecule has 0 aliphatic carbocycles. The van der Waals surface area contributed by atoms with Crippen molar-refractivity contribution in [3.8, 4) is 0 Å². The van der Waals surface area contributed by atoms with Crippen molar-refractivity contribution in [1.82, 2.24) is 4.90 Å². The van der Waals surface area contributed by atoms with Gasteiger partial charge in [-0.15, -0.1) is 11.6 Å². The molecule has 1 atom stereocenters. The molecule has 0 spiro atoms. The highest BCUT2D eigenvalue weighted by molar-refractivity contribution is 6.30. The molecule has 0 heterocycles. The Kier molecular flexibility index (Phi) is 5.44. The lowest BCUT2D eigenvalue weighted by Crippen LogP contribution is -2.24. The number of benzene rings is 1. The first-order chi connectivity index (χ1) is 7.11. The van der Waals surface area contributed by atoms with Crippen LogP contribution in [-0.2, 0) is 6.54 Å². The van der Waals surface area contributed by atoms with Gasteiger partial charge < -0.3 is 4.90 Å². The summed E-state index contributed by atoms with van der Waals surface area (Å²) in [5, 5.41) is 0.788. The van der Waals surface area contributed by atoms with Gasteiger partial charge in [0.2, 0.25) is 0 Å². The van der Waals surface area contributed by atoms with E-state index < -0.39 is 0 Å². The third-order valence-corrected chi connectivity index (χ3v) is 3.03. The van der Waals surface area contributed by atoms with Crippen LogP contribution in [0.4, 0.5) is 0 Å². The summed E-state index contributed by atoms with van der Waals surface area (Å²) in [6.45, 7) is 4.12. The first kappa shape index (κ1) is 12.8. The van der Waals surface area contributed by atoms with Crippen LogP contribution < -0.4 is 0 Å². The highest BCUT2D eigenvalue weighted by Crippen LogP contribution is 2.11. The average molecular weight is 246 g/mol. The van der Waals surface area contributed by atoms with Crippen molar-refractivity contribution in [2.75, 3.05) is 19.5 Å². The fourth-order valence-electron chi connectivity index (χ4n) is 1.55. The normalized spacial score (nSPS) is 13.1. The summed E-state index contributed by atoms with van der Waals surface area (Å²) in [7, 11) is 2.11. The molecule has 1 rings (SSSR count). The Morgan fingerprint density at radius 1 is 1.27 bits per heavy atom. The zero-order valence-corrected chi connectivity index (χ0v) is 10.7. The van der Waals surface area contributed by atoms with Gasteiger partial charge in [-0.25, -0.2) is 0 Å². The fraction of sp³-hybridized carbons (Fsp3) is 0.500. The van der Waals surface area contributed by atoms with E-state index >= 15 is 0 Å². The van der Waals surface area contributed by atoms with Gasteiger partial charge in [-0.2, -0.15) is 0 Å². The Bertz CT molecular complexity index is 284. The summed E-state index contributed by atoms with van der Waals surface area (Å²) in [6, 6.07) is 7.97. The lowest BCUT2D eigenvalue weighted by atomic mass is 10.2. The third-order valence-electron chi connectivity index (χ3n) is 2.25. The van der Waals surface area contributed by atoms with E-state index in [0.29, 0.717) is 11.8 Å². The molecule has 0 saturated carbocycles. The van der Waals surface area contributed by atoms with Crippen molar-refractivity contribution in [2.45, 2.75) is 13.5 Å². The predicted octanol–water partition coefficient (Wildman–Crippen LogP) is 3.65. The van der Waals surface area contributed by atoms with Crippen molar-refractivity contribution >= 4 is 23.2 Å². The monoisotopic (exact) mass is 245 g/mol. The lowest BCUT2D eigenvalue weighted by molar-refractivity contribution is 0.290. The molecule has 1 unspecified atom stereocenters. The topological polar surface area (TPSA) is 3.24 Å². The number of hydrogen-bond acceptors (Lipinski definition) is 1. The van der Waals surface area contributed by atoms with Crippen LogP contribution in [-0.4, -0.2) is 24.4 Å². The minimum atomic E-state index is 0.531. The molecule has 0 fully saturated rings. The average Bonchev–Trinajstić information content (AvgIpc) is 2.21. The molecule has 84 valence electrons. The Morgan fingerprint density at radius 2 is 1.87 bits per heavy atom. The third kappa shape index (κ3) is 4.87. The van der Waals surface area contributed by atoms with Crippen LogP contribution in [0.25, 0.3) is 0 Å². The smallest absolute Gasteiger partial charge is 0.0406 e. The second-order valence-corrected chi connectivity index (χ2v) is 4.83. The summed E-state index contributed by atoms with van der Waals surface area (Å²) in [6.07, 6.45) is 0. The fourth-order valence-corrected chi connectivity index (χ4v) is 1.77. The summed E-state index contributed by atoms with van der Waals surface area (Å²) >= 11 is 11.6. The molecule has 0 bridgehead atoms. The van der Waals surface area contributed by atoms with Gasteiger partial charge in [0.25, 0.3) is 0 Å². The van der Waals surface area contributed by atoms with E-state index in [2.05, 4.69) is 31.0 Å². The van der Waals surface area contributed by atoms with Crippen molar-refractivity contribution in [1.29, 1.82) is 0 Å². The molecular formula is C12H17Cl2N. The molecule has 0 amide bonds. The van der Waals surface area contributed by atoms with Gasteiger partial charge in [0, 0.05) is 24.0 Å². The molecule has 1 nitrogen and oxygen atoms in total. The molecule has 0 N–H and O–H groups in total. The van der Waals surface area contributed by atoms with Crippen LogP contribution in [0.15, 0.2) is 24.3 Å². The minimum Gasteiger partial charge on any atom is -0.302 e. The quantitative estimate of drug-likeness (QED) is 0.717. The largest absolute Gasteiger partial charge is 0.302 e. The van der Waals surface area contributed by atoms with Gasteiger partial charge >= 0.3 is 0 Å². The number of alkyl halides is 1. The van der Waals surface area contributed by atoms with E-state index in [1.54, 1.807) is 0 Å². The first-order valence-corrected chi connectivity index (χ1v) is 6.02. The van der Waals surface area contributed by atoms with Crippen molar-refractivity contribution in [3.05, 3.63) is 34.9 Å². The van der Waals surface area contributed by atoms with E-state index in [-0.39, 0.29) is 0 Å². The molecule has 0 radical (unpaired) electrons. The number of hydrogen-bond donors (Lipinski definition) is 0. The van der Waals surface area contributed by atoms with E-state index in [0.717, 1.165) is 18.1 Å². The molecule has 0 saturated heterocycles. The molecule has 3 heteroatoms. The maximum Gasteiger partial charge on any atom is 0.0406 e. The number of nitrogens with zero attached hydrogens (tertiary/aromatic N) is 1. The zero-order chi connectivity index (χ0) is 11.3. The Morgan fingerprint density at radius 3 is 2.40 bits per heavy atom. The van der Waals surface area contributed by atoms with E-state index in [4.69, 9.17) is 23.2 Å². The van der Waals surface area contributed by atoms with Gasteiger partial charge in [-0.1, -0.05) is 30.7 Å². The van der Waals surface area contributed by atoms with Crippen LogP contribution in [0.3, 0.4) is 0 Å². The van der Waals surface area contributed by atoms with Crippen molar-refractivity contribution < 1.29 is 0 Å². The molecule has 0 aliphatic rings. The highest BCUT2D eigenvalue weighted by atomic mass is 35.5. The summed E-state index contributed by atoms with van der Waals surface area (Å²) in [5.41, 5.74) is 1.28. The molecule has 1 aromatic rings. The maximum absolute atomic E-state index is 5.82. The first-order valence-electron chi connectivity index (χ1n) is 5.10. The molecule has 0 aromatic heterocycles. The maximum atomic E-state index is 5.82. The zero-order valence-electron chi connectivity index (χ0n) is 9.21. The van der Waals surface area contributed by atoms with Crippen LogP contribution in [0.2, 0.25) is 5.02 Å². The van der Waals surface area contributed by atoms with Gasteiger partial charge in [-0.3, -0.25) is 0 Å².